The van der Waals surface area contributed by atoms with E-state index in [1.165, 1.54) is 15.7 Å². The molecule has 0 bridgehead atoms. The third kappa shape index (κ3) is 2.86. The predicted octanol–water partition coefficient (Wildman–Crippen LogP) is 1.63. The molecule has 0 aliphatic rings. The Bertz CT molecular complexity index is 1060. The quantitative estimate of drug-likeness (QED) is 0.595. The van der Waals surface area contributed by atoms with E-state index in [2.05, 4.69) is 20.1 Å². The van der Waals surface area contributed by atoms with Crippen LogP contribution in [0.5, 0.6) is 0 Å². The lowest BCUT2D eigenvalue weighted by atomic mass is 10.3. The molecule has 0 radical (unpaired) electrons. The highest BCUT2D eigenvalue weighted by Crippen LogP contribution is 2.18. The topological polar surface area (TPSA) is 115 Å². The molecule has 0 saturated carbocycles. The van der Waals surface area contributed by atoms with Crippen molar-refractivity contribution < 1.29 is 9.21 Å². The van der Waals surface area contributed by atoms with Crippen molar-refractivity contribution >= 4 is 17.5 Å². The largest absolute Gasteiger partial charge is 0.461 e. The third-order valence-electron chi connectivity index (χ3n) is 3.78. The number of hydrogen-bond donors (Lipinski definition) is 1. The minimum Gasteiger partial charge on any atom is -0.461 e. The van der Waals surface area contributed by atoms with Gasteiger partial charge in [0, 0.05) is 19.3 Å². The normalized spacial score (nSPS) is 11.0. The molecule has 9 heteroatoms. The number of nitrogens with zero attached hydrogens (tertiary/aromatic N) is 6. The summed E-state index contributed by atoms with van der Waals surface area (Å²) >= 11 is 0. The van der Waals surface area contributed by atoms with Gasteiger partial charge in [-0.15, -0.1) is 5.10 Å². The van der Waals surface area contributed by atoms with E-state index in [1.54, 1.807) is 31.4 Å². The maximum atomic E-state index is 12.7. The summed E-state index contributed by atoms with van der Waals surface area (Å²) in [4.78, 5) is 26.9. The zero-order valence-corrected chi connectivity index (χ0v) is 13.9. The molecule has 4 aromatic heterocycles. The van der Waals surface area contributed by atoms with Gasteiger partial charge in [-0.2, -0.15) is 4.52 Å². The van der Waals surface area contributed by atoms with Crippen molar-refractivity contribution in [1.82, 2.24) is 29.5 Å². The maximum Gasteiger partial charge on any atom is 0.272 e. The minimum atomic E-state index is -0.285. The summed E-state index contributed by atoms with van der Waals surface area (Å²) in [6.45, 7) is 0.358. The molecule has 26 heavy (non-hydrogen) atoms. The molecule has 2 N–H and O–H groups in total. The molecule has 4 rings (SSSR count). The van der Waals surface area contributed by atoms with Crippen molar-refractivity contribution in [3.8, 4) is 11.6 Å². The molecule has 0 fully saturated rings. The number of fused-ring (bicyclic) bond motifs is 1. The van der Waals surface area contributed by atoms with Crippen molar-refractivity contribution in [2.24, 2.45) is 0 Å². The van der Waals surface area contributed by atoms with E-state index < -0.39 is 0 Å². The van der Waals surface area contributed by atoms with Crippen LogP contribution in [-0.4, -0.2) is 42.4 Å². The Labute approximate surface area is 148 Å². The van der Waals surface area contributed by atoms with E-state index in [0.717, 1.165) is 5.69 Å². The average Bonchev–Trinajstić information content (AvgIpc) is 3.31. The van der Waals surface area contributed by atoms with Gasteiger partial charge in [-0.3, -0.25) is 9.78 Å². The Kier molecular flexibility index (Phi) is 3.81. The number of aromatic nitrogens is 5. The zero-order chi connectivity index (χ0) is 18.1. The SMILES string of the molecule is CN(Cc1ccccn1)C(=O)c1cc2nc(-c3ccco3)nn2c(N)n1. The number of nitrogens with two attached hydrogens (primary N) is 1. The number of carbonyl (C=O) groups is 1. The van der Waals surface area contributed by atoms with Gasteiger partial charge in [0.05, 0.1) is 18.5 Å². The summed E-state index contributed by atoms with van der Waals surface area (Å²) in [6.07, 6.45) is 3.21. The van der Waals surface area contributed by atoms with Crippen LogP contribution < -0.4 is 5.73 Å². The Morgan fingerprint density at radius 1 is 1.27 bits per heavy atom. The number of amides is 1. The van der Waals surface area contributed by atoms with Crippen LogP contribution in [0, 0.1) is 0 Å². The Morgan fingerprint density at radius 3 is 2.88 bits per heavy atom. The van der Waals surface area contributed by atoms with E-state index in [9.17, 15) is 4.79 Å². The molecule has 4 aromatic rings. The first-order valence-corrected chi connectivity index (χ1v) is 7.84. The lowest BCUT2D eigenvalue weighted by molar-refractivity contribution is 0.0777. The minimum absolute atomic E-state index is 0.0717. The Hall–Kier alpha value is -3.75. The van der Waals surface area contributed by atoms with Crippen LogP contribution in [0.15, 0.2) is 53.3 Å². The summed E-state index contributed by atoms with van der Waals surface area (Å²) in [6, 6.07) is 10.6. The number of rotatable bonds is 4. The molecule has 0 atom stereocenters. The lowest BCUT2D eigenvalue weighted by Crippen LogP contribution is -2.28. The summed E-state index contributed by atoms with van der Waals surface area (Å²) < 4.78 is 6.66. The van der Waals surface area contributed by atoms with Crippen molar-refractivity contribution in [3.63, 3.8) is 0 Å². The Balaban J connectivity index is 1.64. The number of furan rings is 1. The van der Waals surface area contributed by atoms with Gasteiger partial charge in [-0.25, -0.2) is 9.97 Å². The van der Waals surface area contributed by atoms with Gasteiger partial charge >= 0.3 is 0 Å². The van der Waals surface area contributed by atoms with E-state index in [-0.39, 0.29) is 17.5 Å². The predicted molar refractivity (Wildman–Crippen MR) is 92.9 cm³/mol. The molecule has 9 nitrogen and oxygen atoms in total. The van der Waals surface area contributed by atoms with Crippen LogP contribution in [-0.2, 0) is 6.54 Å². The van der Waals surface area contributed by atoms with Gasteiger partial charge in [0.2, 0.25) is 11.8 Å². The summed E-state index contributed by atoms with van der Waals surface area (Å²) in [5.41, 5.74) is 7.33. The summed E-state index contributed by atoms with van der Waals surface area (Å²) in [5.74, 6) is 0.665. The molecule has 0 aromatic carbocycles. The molecule has 0 aliphatic heterocycles. The van der Waals surface area contributed by atoms with E-state index in [1.807, 2.05) is 18.2 Å². The molecule has 0 unspecified atom stereocenters. The molecule has 130 valence electrons. The molecule has 0 saturated heterocycles. The van der Waals surface area contributed by atoms with Crippen molar-refractivity contribution in [2.75, 3.05) is 12.8 Å². The fourth-order valence-corrected chi connectivity index (χ4v) is 2.53. The second kappa shape index (κ2) is 6.28. The average molecular weight is 349 g/mol. The first-order chi connectivity index (χ1) is 12.6. The maximum absolute atomic E-state index is 12.7. The monoisotopic (exact) mass is 349 g/mol. The summed E-state index contributed by atoms with van der Waals surface area (Å²) in [5, 5.41) is 4.26. The van der Waals surface area contributed by atoms with Crippen LogP contribution in [0.3, 0.4) is 0 Å². The molecular weight excluding hydrogens is 334 g/mol. The number of hydrogen-bond acceptors (Lipinski definition) is 7. The zero-order valence-electron chi connectivity index (χ0n) is 13.9. The van der Waals surface area contributed by atoms with E-state index in [0.29, 0.717) is 23.8 Å². The van der Waals surface area contributed by atoms with Gasteiger partial charge in [-0.05, 0) is 24.3 Å². The number of pyridine rings is 1. The van der Waals surface area contributed by atoms with Crippen LogP contribution in [0.4, 0.5) is 5.95 Å². The van der Waals surface area contributed by atoms with Crippen LogP contribution >= 0.6 is 0 Å². The fourth-order valence-electron chi connectivity index (χ4n) is 2.53. The number of carbonyl (C=O) groups excluding carboxylic acids is 1. The molecule has 1 amide bonds. The van der Waals surface area contributed by atoms with Gasteiger partial charge in [0.25, 0.3) is 5.91 Å². The van der Waals surface area contributed by atoms with Gasteiger partial charge < -0.3 is 15.1 Å². The highest BCUT2D eigenvalue weighted by Gasteiger charge is 2.18. The molecule has 0 aliphatic carbocycles. The van der Waals surface area contributed by atoms with Crippen LogP contribution in [0.1, 0.15) is 16.2 Å². The van der Waals surface area contributed by atoms with Gasteiger partial charge in [0.1, 0.15) is 5.69 Å². The van der Waals surface area contributed by atoms with Crippen LogP contribution in [0.2, 0.25) is 0 Å². The lowest BCUT2D eigenvalue weighted by Gasteiger charge is -2.16. The fraction of sp³-hybridized carbons (Fsp3) is 0.118. The smallest absolute Gasteiger partial charge is 0.272 e. The van der Waals surface area contributed by atoms with E-state index in [4.69, 9.17) is 10.2 Å². The molecule has 4 heterocycles. The Morgan fingerprint density at radius 2 is 2.15 bits per heavy atom. The highest BCUT2D eigenvalue weighted by molar-refractivity contribution is 5.93. The van der Waals surface area contributed by atoms with Gasteiger partial charge in [-0.1, -0.05) is 6.07 Å². The van der Waals surface area contributed by atoms with Crippen LogP contribution in [0.25, 0.3) is 17.2 Å². The van der Waals surface area contributed by atoms with Crippen molar-refractivity contribution in [2.45, 2.75) is 6.54 Å². The molecular formula is C17H15N7O2. The number of nitrogen functional groups attached to an aromatic ring is 1. The second-order valence-electron chi connectivity index (χ2n) is 5.66. The third-order valence-corrected chi connectivity index (χ3v) is 3.78. The van der Waals surface area contributed by atoms with E-state index >= 15 is 0 Å². The molecule has 0 spiro atoms. The highest BCUT2D eigenvalue weighted by atomic mass is 16.3. The van der Waals surface area contributed by atoms with Gasteiger partial charge in [0.15, 0.2) is 11.4 Å². The standard InChI is InChI=1S/C17H15N7O2/c1-23(10-11-5-2-3-7-19-11)16(25)12-9-14-21-15(13-6-4-8-26-13)22-24(14)17(18)20-12/h2-9H,10H2,1H3,(H2,18,20). The first-order valence-electron chi connectivity index (χ1n) is 7.84. The number of anilines is 1. The first kappa shape index (κ1) is 15.8. The summed E-state index contributed by atoms with van der Waals surface area (Å²) in [7, 11) is 1.68. The second-order valence-corrected chi connectivity index (χ2v) is 5.66. The van der Waals surface area contributed by atoms with Crippen molar-refractivity contribution in [1.29, 1.82) is 0 Å². The van der Waals surface area contributed by atoms with Crippen molar-refractivity contribution in [3.05, 3.63) is 60.2 Å².